The molecule has 248 valence electrons. The number of rotatable bonds is 13. The number of nitrogens with zero attached hydrogens (tertiary/aromatic N) is 2. The monoisotopic (exact) mass is 672 g/mol. The molecule has 7 rings (SSSR count). The van der Waals surface area contributed by atoms with Gasteiger partial charge < -0.3 is 25.2 Å². The van der Waals surface area contributed by atoms with Gasteiger partial charge in [0.2, 0.25) is 10.0 Å². The molecule has 0 spiro atoms. The quantitative estimate of drug-likeness (QED) is 0.233. The van der Waals surface area contributed by atoms with Gasteiger partial charge in [-0.15, -0.1) is 0 Å². The van der Waals surface area contributed by atoms with Crippen LogP contribution in [0.25, 0.3) is 10.2 Å². The lowest BCUT2D eigenvalue weighted by Gasteiger charge is -2.31. The summed E-state index contributed by atoms with van der Waals surface area (Å²) >= 11 is 1.43. The Hall–Kier alpha value is -2.84. The van der Waals surface area contributed by atoms with Gasteiger partial charge in [-0.3, -0.25) is 0 Å². The summed E-state index contributed by atoms with van der Waals surface area (Å²) in [5, 5.41) is 18.6. The number of anilines is 1. The van der Waals surface area contributed by atoms with Gasteiger partial charge in [0, 0.05) is 31.7 Å². The van der Waals surface area contributed by atoms with E-state index in [0.717, 1.165) is 53.9 Å². The highest BCUT2D eigenvalue weighted by Crippen LogP contribution is 2.46. The van der Waals surface area contributed by atoms with E-state index in [2.05, 4.69) is 15.6 Å². The molecule has 3 saturated carbocycles. The first-order valence-corrected chi connectivity index (χ1v) is 18.4. The van der Waals surface area contributed by atoms with Crippen molar-refractivity contribution in [3.63, 3.8) is 0 Å². The van der Waals surface area contributed by atoms with Crippen LogP contribution in [0.2, 0.25) is 0 Å². The van der Waals surface area contributed by atoms with Crippen LogP contribution < -0.4 is 10.6 Å². The summed E-state index contributed by atoms with van der Waals surface area (Å²) in [6, 6.07) is 10.3. The lowest BCUT2D eigenvalue weighted by molar-refractivity contribution is 0.0491. The number of aromatic nitrogens is 1. The first-order valence-electron chi connectivity index (χ1n) is 16.2. The van der Waals surface area contributed by atoms with Gasteiger partial charge in [0.1, 0.15) is 11.9 Å². The summed E-state index contributed by atoms with van der Waals surface area (Å²) in [5.41, 5.74) is 1.22. The van der Waals surface area contributed by atoms with E-state index < -0.39 is 34.1 Å². The minimum Gasteiger partial charge on any atom is -0.446 e. The second kappa shape index (κ2) is 12.6. The Morgan fingerprint density at radius 1 is 1.17 bits per heavy atom. The van der Waals surface area contributed by atoms with Crippen molar-refractivity contribution >= 4 is 42.8 Å². The number of carbonyl (C=O) groups excluding carboxylic acids is 1. The zero-order valence-corrected chi connectivity index (χ0v) is 27.5. The van der Waals surface area contributed by atoms with Crippen molar-refractivity contribution in [1.29, 1.82) is 0 Å². The van der Waals surface area contributed by atoms with Crippen LogP contribution in [-0.4, -0.2) is 79.5 Å². The van der Waals surface area contributed by atoms with Crippen LogP contribution in [0, 0.1) is 23.1 Å². The number of carbonyl (C=O) groups is 1. The molecular weight excluding hydrogens is 632 g/mol. The maximum atomic E-state index is 14.2. The molecule has 3 aromatic rings. The lowest BCUT2D eigenvalue weighted by Crippen LogP contribution is -2.52. The molecule has 2 heterocycles. The number of nitrogens with one attached hydrogen (secondary N) is 2. The van der Waals surface area contributed by atoms with Gasteiger partial charge in [-0.05, 0) is 92.2 Å². The Morgan fingerprint density at radius 2 is 1.96 bits per heavy atom. The maximum absolute atomic E-state index is 14.2. The van der Waals surface area contributed by atoms with Crippen molar-refractivity contribution in [3.05, 3.63) is 53.8 Å². The number of halogens is 1. The van der Waals surface area contributed by atoms with Gasteiger partial charge >= 0.3 is 6.09 Å². The van der Waals surface area contributed by atoms with Crippen molar-refractivity contribution in [3.8, 4) is 0 Å². The molecule has 2 aromatic carbocycles. The molecule has 5 atom stereocenters. The number of amides is 1. The summed E-state index contributed by atoms with van der Waals surface area (Å²) in [6.07, 6.45) is 3.61. The fraction of sp³-hybridized carbons (Fsp3) is 0.576. The van der Waals surface area contributed by atoms with Gasteiger partial charge in [0.25, 0.3) is 0 Å². The molecule has 1 amide bonds. The third-order valence-corrected chi connectivity index (χ3v) is 12.7. The van der Waals surface area contributed by atoms with Crippen LogP contribution in [0.1, 0.15) is 51.0 Å². The van der Waals surface area contributed by atoms with Crippen molar-refractivity contribution in [2.24, 2.45) is 17.3 Å². The summed E-state index contributed by atoms with van der Waals surface area (Å²) in [5.74, 6) is 0.139. The van der Waals surface area contributed by atoms with Crippen LogP contribution in [0.4, 0.5) is 14.3 Å². The van der Waals surface area contributed by atoms with E-state index in [1.165, 1.54) is 27.8 Å². The van der Waals surface area contributed by atoms with E-state index in [1.54, 1.807) is 30.3 Å². The standard InChI is InChI=1S/C33H41FN4O6S2/c1-33(12-13-33)19-38(46(41,42)24-9-10-26-30(15-24)45-31(36-26)35-23-7-8-23)16-28(39)27(14-20-2-5-22(34)6-3-20)37-32(40)44-29-11-4-21-17-43-18-25(21)29/h2-3,5-6,9-10,15,21,23,25,27-29,39H,4,7-8,11-14,16-19H2,1H3,(H,35,36)(H,37,40)/t21?,25?,27-,28+,29?/m0/s1. The number of hydrogen-bond acceptors (Lipinski definition) is 9. The molecule has 1 saturated heterocycles. The number of thiazole rings is 1. The number of fused-ring (bicyclic) bond motifs is 2. The summed E-state index contributed by atoms with van der Waals surface area (Å²) in [7, 11) is -4.03. The first kappa shape index (κ1) is 31.7. The van der Waals surface area contributed by atoms with Crippen molar-refractivity contribution in [2.75, 3.05) is 31.6 Å². The summed E-state index contributed by atoms with van der Waals surface area (Å²) < 4.78 is 55.6. The molecule has 10 nitrogen and oxygen atoms in total. The smallest absolute Gasteiger partial charge is 0.407 e. The average Bonchev–Trinajstić information content (AvgIpc) is 3.81. The SMILES string of the molecule is CC1(CN(C[C@@H](O)[C@H](Cc2ccc(F)cc2)NC(=O)OC2CCC3COCC32)S(=O)(=O)c2ccc3nc(NC4CC4)sc3c2)CC1. The molecule has 3 N–H and O–H groups in total. The third kappa shape index (κ3) is 7.18. The second-order valence-corrected chi connectivity index (χ2v) is 16.8. The van der Waals surface area contributed by atoms with E-state index in [-0.39, 0.29) is 41.8 Å². The van der Waals surface area contributed by atoms with Gasteiger partial charge in [-0.1, -0.05) is 30.4 Å². The molecule has 1 aliphatic heterocycles. The predicted molar refractivity (Wildman–Crippen MR) is 173 cm³/mol. The number of sulfonamides is 1. The number of aliphatic hydroxyl groups is 1. The minimum atomic E-state index is -4.03. The van der Waals surface area contributed by atoms with Crippen molar-refractivity contribution < 1.29 is 32.2 Å². The van der Waals surface area contributed by atoms with Crippen LogP contribution in [0.3, 0.4) is 0 Å². The number of aliphatic hydroxyl groups excluding tert-OH is 1. The third-order valence-electron chi connectivity index (χ3n) is 9.90. The van der Waals surface area contributed by atoms with Crippen LogP contribution in [0.15, 0.2) is 47.4 Å². The van der Waals surface area contributed by atoms with Crippen LogP contribution >= 0.6 is 11.3 Å². The average molecular weight is 673 g/mol. The van der Waals surface area contributed by atoms with Crippen molar-refractivity contribution in [1.82, 2.24) is 14.6 Å². The highest BCUT2D eigenvalue weighted by atomic mass is 32.2. The molecule has 1 aromatic heterocycles. The molecule has 4 fully saturated rings. The number of hydrogen-bond donors (Lipinski definition) is 3. The maximum Gasteiger partial charge on any atom is 0.407 e. The molecule has 3 unspecified atom stereocenters. The molecule has 4 aliphatic rings. The van der Waals surface area contributed by atoms with Gasteiger partial charge in [0.05, 0.1) is 33.9 Å². The Morgan fingerprint density at radius 3 is 2.70 bits per heavy atom. The van der Waals surface area contributed by atoms with Gasteiger partial charge in [-0.25, -0.2) is 22.6 Å². The van der Waals surface area contributed by atoms with Gasteiger partial charge in [-0.2, -0.15) is 4.31 Å². The van der Waals surface area contributed by atoms with Crippen molar-refractivity contribution in [2.45, 2.75) is 81.1 Å². The van der Waals surface area contributed by atoms with Gasteiger partial charge in [0.15, 0.2) is 5.13 Å². The normalized spacial score (nSPS) is 24.9. The molecule has 46 heavy (non-hydrogen) atoms. The highest BCUT2D eigenvalue weighted by molar-refractivity contribution is 7.89. The van der Waals surface area contributed by atoms with E-state index in [9.17, 15) is 22.7 Å². The fourth-order valence-corrected chi connectivity index (χ4v) is 9.29. The minimum absolute atomic E-state index is 0.134. The first-order chi connectivity index (χ1) is 22.0. The van der Waals surface area contributed by atoms with Crippen LogP contribution in [0.5, 0.6) is 0 Å². The van der Waals surface area contributed by atoms with E-state index >= 15 is 0 Å². The Kier molecular flexibility index (Phi) is 8.73. The highest BCUT2D eigenvalue weighted by Gasteiger charge is 2.44. The lowest BCUT2D eigenvalue weighted by atomic mass is 9.99. The number of alkyl carbamates (subject to hydrolysis) is 1. The molecule has 0 radical (unpaired) electrons. The zero-order valence-electron chi connectivity index (χ0n) is 25.9. The Labute approximate surface area is 272 Å². The van der Waals surface area contributed by atoms with Crippen LogP contribution in [-0.2, 0) is 25.9 Å². The molecular formula is C33H41FN4O6S2. The van der Waals surface area contributed by atoms with E-state index in [0.29, 0.717) is 30.7 Å². The van der Waals surface area contributed by atoms with E-state index in [1.807, 2.05) is 6.92 Å². The predicted octanol–water partition coefficient (Wildman–Crippen LogP) is 4.92. The second-order valence-electron chi connectivity index (χ2n) is 13.8. The van der Waals surface area contributed by atoms with E-state index in [4.69, 9.17) is 9.47 Å². The largest absolute Gasteiger partial charge is 0.446 e. The number of ether oxygens (including phenoxy) is 2. The molecule has 13 heteroatoms. The molecule has 3 aliphatic carbocycles. The zero-order chi connectivity index (χ0) is 32.1. The topological polar surface area (TPSA) is 130 Å². The Balaban J connectivity index is 1.11. The number of benzene rings is 2. The molecule has 0 bridgehead atoms. The summed E-state index contributed by atoms with van der Waals surface area (Å²) in [6.45, 7) is 3.27. The Bertz CT molecular complexity index is 1680. The fourth-order valence-electron chi connectivity index (χ4n) is 6.60. The summed E-state index contributed by atoms with van der Waals surface area (Å²) in [4.78, 5) is 17.9.